The van der Waals surface area contributed by atoms with Crippen LogP contribution in [-0.2, 0) is 11.3 Å². The first-order chi connectivity index (χ1) is 12.6. The number of likely N-dealkylation sites (N-methyl/N-ethyl adjacent to an activating group) is 1. The standard InChI is InChI=1S/C21H30N2O3/c1-16(22-2)8-10-19(15-25)23(3)13-18-12-21(11-9-17(18)14-24)26-20-6-4-5-7-20/h9,11-12,14-15,19-20,22H,1,4-8,10,13H2,2-3H3. The van der Waals surface area contributed by atoms with Crippen molar-refractivity contribution in [3.05, 3.63) is 41.6 Å². The summed E-state index contributed by atoms with van der Waals surface area (Å²) in [4.78, 5) is 24.9. The predicted molar refractivity (Wildman–Crippen MR) is 103 cm³/mol. The molecule has 0 aromatic heterocycles. The van der Waals surface area contributed by atoms with Crippen molar-refractivity contribution in [2.75, 3.05) is 14.1 Å². The minimum atomic E-state index is -0.223. The van der Waals surface area contributed by atoms with Crippen LogP contribution in [0.5, 0.6) is 5.75 Å². The maximum atomic E-state index is 11.5. The SMILES string of the molecule is C=C(CCC(C=O)N(C)Cc1cc(OC2CCCC2)ccc1C=O)NC. The van der Waals surface area contributed by atoms with Gasteiger partial charge in [0.1, 0.15) is 18.3 Å². The summed E-state index contributed by atoms with van der Waals surface area (Å²) in [7, 11) is 3.73. The van der Waals surface area contributed by atoms with Gasteiger partial charge in [-0.15, -0.1) is 0 Å². The van der Waals surface area contributed by atoms with Crippen molar-refractivity contribution in [1.82, 2.24) is 10.2 Å². The van der Waals surface area contributed by atoms with Crippen molar-refractivity contribution < 1.29 is 14.3 Å². The Hall–Kier alpha value is -2.14. The number of allylic oxidation sites excluding steroid dienone is 1. The van der Waals surface area contributed by atoms with Gasteiger partial charge in [-0.3, -0.25) is 9.69 Å². The van der Waals surface area contributed by atoms with Gasteiger partial charge in [0.05, 0.1) is 12.1 Å². The molecule has 1 N–H and O–H groups in total. The van der Waals surface area contributed by atoms with Crippen LogP contribution in [0.4, 0.5) is 0 Å². The lowest BCUT2D eigenvalue weighted by molar-refractivity contribution is -0.112. The van der Waals surface area contributed by atoms with Gasteiger partial charge in [0.25, 0.3) is 0 Å². The van der Waals surface area contributed by atoms with Gasteiger partial charge in [0.2, 0.25) is 0 Å². The number of hydrogen-bond acceptors (Lipinski definition) is 5. The van der Waals surface area contributed by atoms with Gasteiger partial charge >= 0.3 is 0 Å². The molecule has 1 aromatic carbocycles. The summed E-state index contributed by atoms with van der Waals surface area (Å²) in [6.45, 7) is 4.42. The molecule has 0 aliphatic heterocycles. The third-order valence-corrected chi connectivity index (χ3v) is 5.08. The van der Waals surface area contributed by atoms with E-state index in [1.807, 2.05) is 31.1 Å². The molecular weight excluding hydrogens is 328 g/mol. The van der Waals surface area contributed by atoms with Crippen molar-refractivity contribution in [2.24, 2.45) is 0 Å². The van der Waals surface area contributed by atoms with E-state index in [1.54, 1.807) is 6.07 Å². The number of carbonyl (C=O) groups is 2. The second-order valence-corrected chi connectivity index (χ2v) is 7.01. The zero-order valence-corrected chi connectivity index (χ0v) is 15.9. The Morgan fingerprint density at radius 3 is 2.73 bits per heavy atom. The highest BCUT2D eigenvalue weighted by Gasteiger charge is 2.19. The molecule has 1 atom stereocenters. The summed E-state index contributed by atoms with van der Waals surface area (Å²) in [6.07, 6.45) is 8.13. The van der Waals surface area contributed by atoms with E-state index in [9.17, 15) is 9.59 Å². The Bertz CT molecular complexity index is 624. The number of nitrogens with one attached hydrogen (secondary N) is 1. The minimum absolute atomic E-state index is 0.223. The maximum absolute atomic E-state index is 11.5. The Morgan fingerprint density at radius 2 is 2.12 bits per heavy atom. The molecule has 0 spiro atoms. The van der Waals surface area contributed by atoms with Crippen LogP contribution in [0.25, 0.3) is 0 Å². The predicted octanol–water partition coefficient (Wildman–Crippen LogP) is 3.33. The van der Waals surface area contributed by atoms with E-state index in [0.29, 0.717) is 18.5 Å². The first kappa shape index (κ1) is 20.2. The number of rotatable bonds is 11. The van der Waals surface area contributed by atoms with Gasteiger partial charge in [-0.05, 0) is 69.3 Å². The Kier molecular flexibility index (Phi) is 7.85. The Balaban J connectivity index is 2.05. The van der Waals surface area contributed by atoms with Crippen LogP contribution in [0.15, 0.2) is 30.5 Å². The average Bonchev–Trinajstić information content (AvgIpc) is 3.15. The maximum Gasteiger partial charge on any atom is 0.150 e. The molecule has 5 nitrogen and oxygen atoms in total. The largest absolute Gasteiger partial charge is 0.490 e. The van der Waals surface area contributed by atoms with E-state index in [0.717, 1.165) is 48.8 Å². The number of benzene rings is 1. The number of hydrogen-bond donors (Lipinski definition) is 1. The smallest absolute Gasteiger partial charge is 0.150 e. The van der Waals surface area contributed by atoms with Crippen molar-refractivity contribution in [1.29, 1.82) is 0 Å². The first-order valence-electron chi connectivity index (χ1n) is 9.33. The molecule has 2 rings (SSSR count). The van der Waals surface area contributed by atoms with Gasteiger partial charge < -0.3 is 14.8 Å². The van der Waals surface area contributed by atoms with Crippen molar-refractivity contribution in [3.63, 3.8) is 0 Å². The molecule has 1 aromatic rings. The molecule has 0 bridgehead atoms. The van der Waals surface area contributed by atoms with Gasteiger partial charge in [0.15, 0.2) is 0 Å². The quantitative estimate of drug-likeness (QED) is 0.615. The zero-order valence-electron chi connectivity index (χ0n) is 15.9. The summed E-state index contributed by atoms with van der Waals surface area (Å²) in [6, 6.07) is 5.38. The molecule has 1 unspecified atom stereocenters. The van der Waals surface area contributed by atoms with Crippen molar-refractivity contribution >= 4 is 12.6 Å². The van der Waals surface area contributed by atoms with E-state index in [4.69, 9.17) is 4.74 Å². The molecular formula is C21H30N2O3. The molecule has 0 radical (unpaired) electrons. The normalized spacial score (nSPS) is 15.7. The van der Waals surface area contributed by atoms with Crippen LogP contribution in [-0.4, -0.2) is 43.7 Å². The highest BCUT2D eigenvalue weighted by molar-refractivity contribution is 5.77. The number of aldehydes is 2. The lowest BCUT2D eigenvalue weighted by Gasteiger charge is -2.25. The van der Waals surface area contributed by atoms with E-state index >= 15 is 0 Å². The molecule has 1 saturated carbocycles. The second kappa shape index (κ2) is 10.1. The van der Waals surface area contributed by atoms with Crippen LogP contribution in [0, 0.1) is 0 Å². The van der Waals surface area contributed by atoms with Gasteiger partial charge in [-0.1, -0.05) is 6.58 Å². The van der Waals surface area contributed by atoms with Gasteiger partial charge in [-0.25, -0.2) is 0 Å². The topological polar surface area (TPSA) is 58.6 Å². The Morgan fingerprint density at radius 1 is 1.38 bits per heavy atom. The molecule has 0 saturated heterocycles. The fourth-order valence-electron chi connectivity index (χ4n) is 3.33. The van der Waals surface area contributed by atoms with E-state index in [-0.39, 0.29) is 12.1 Å². The summed E-state index contributed by atoms with van der Waals surface area (Å²) in [5.74, 6) is 0.803. The monoisotopic (exact) mass is 358 g/mol. The molecule has 142 valence electrons. The number of nitrogens with zero attached hydrogens (tertiary/aromatic N) is 1. The molecule has 1 aliphatic rings. The zero-order chi connectivity index (χ0) is 18.9. The van der Waals surface area contributed by atoms with Crippen molar-refractivity contribution in [3.8, 4) is 5.75 Å². The molecule has 1 aliphatic carbocycles. The molecule has 0 heterocycles. The molecule has 26 heavy (non-hydrogen) atoms. The van der Waals surface area contributed by atoms with Crippen LogP contribution in [0.2, 0.25) is 0 Å². The summed E-state index contributed by atoms with van der Waals surface area (Å²) in [5.41, 5.74) is 2.43. The summed E-state index contributed by atoms with van der Waals surface area (Å²) in [5, 5.41) is 3.00. The van der Waals surface area contributed by atoms with E-state index < -0.39 is 0 Å². The first-order valence-corrected chi connectivity index (χ1v) is 9.33. The third-order valence-electron chi connectivity index (χ3n) is 5.08. The fraction of sp³-hybridized carbons (Fsp3) is 0.524. The van der Waals surface area contributed by atoms with Crippen LogP contribution >= 0.6 is 0 Å². The van der Waals surface area contributed by atoms with Gasteiger partial charge in [-0.2, -0.15) is 0 Å². The lowest BCUT2D eigenvalue weighted by atomic mass is 10.1. The van der Waals surface area contributed by atoms with E-state index in [1.165, 1.54) is 12.8 Å². The summed E-state index contributed by atoms with van der Waals surface area (Å²) >= 11 is 0. The number of carbonyl (C=O) groups excluding carboxylic acids is 2. The minimum Gasteiger partial charge on any atom is -0.490 e. The Labute approximate surface area is 156 Å². The fourth-order valence-corrected chi connectivity index (χ4v) is 3.33. The lowest BCUT2D eigenvalue weighted by Crippen LogP contribution is -2.33. The second-order valence-electron chi connectivity index (χ2n) is 7.01. The molecule has 1 fully saturated rings. The van der Waals surface area contributed by atoms with Crippen molar-refractivity contribution in [2.45, 2.75) is 57.2 Å². The average molecular weight is 358 g/mol. The van der Waals surface area contributed by atoms with Gasteiger partial charge in [0, 0.05) is 24.9 Å². The van der Waals surface area contributed by atoms with Crippen LogP contribution < -0.4 is 10.1 Å². The molecule has 5 heteroatoms. The van der Waals surface area contributed by atoms with E-state index in [2.05, 4.69) is 11.9 Å². The third kappa shape index (κ3) is 5.70. The van der Waals surface area contributed by atoms with Crippen LogP contribution in [0.3, 0.4) is 0 Å². The molecule has 0 amide bonds. The highest BCUT2D eigenvalue weighted by atomic mass is 16.5. The highest BCUT2D eigenvalue weighted by Crippen LogP contribution is 2.26. The number of ether oxygens (including phenoxy) is 1. The summed E-state index contributed by atoms with van der Waals surface area (Å²) < 4.78 is 6.05. The van der Waals surface area contributed by atoms with Crippen LogP contribution in [0.1, 0.15) is 54.4 Å².